The van der Waals surface area contributed by atoms with Crippen LogP contribution < -0.4 is 5.32 Å². The van der Waals surface area contributed by atoms with Gasteiger partial charge in [-0.2, -0.15) is 14.9 Å². The van der Waals surface area contributed by atoms with Gasteiger partial charge in [0.15, 0.2) is 11.5 Å². The minimum Gasteiger partial charge on any atom is -0.365 e. The Hall–Kier alpha value is -2.59. The van der Waals surface area contributed by atoms with E-state index in [1.807, 2.05) is 24.5 Å². The highest BCUT2D eigenvalue weighted by Crippen LogP contribution is 2.26. The summed E-state index contributed by atoms with van der Waals surface area (Å²) < 4.78 is 1.65. The van der Waals surface area contributed by atoms with Gasteiger partial charge in [0.25, 0.3) is 0 Å². The zero-order valence-electron chi connectivity index (χ0n) is 11.3. The van der Waals surface area contributed by atoms with Crippen LogP contribution in [-0.2, 0) is 6.54 Å². The fraction of sp³-hybridized carbons (Fsp3) is 0.143. The Morgan fingerprint density at radius 3 is 2.81 bits per heavy atom. The first-order chi connectivity index (χ1) is 10.3. The van der Waals surface area contributed by atoms with Crippen molar-refractivity contribution in [3.05, 3.63) is 47.9 Å². The van der Waals surface area contributed by atoms with Gasteiger partial charge in [0.1, 0.15) is 16.7 Å². The van der Waals surface area contributed by atoms with Gasteiger partial charge in [-0.15, -0.1) is 11.8 Å². The Morgan fingerprint density at radius 2 is 2.10 bits per heavy atom. The van der Waals surface area contributed by atoms with Gasteiger partial charge < -0.3 is 5.32 Å². The molecule has 0 unspecified atom stereocenters. The number of rotatable bonds is 4. The fourth-order valence-electron chi connectivity index (χ4n) is 2.02. The molecule has 3 aromatic heterocycles. The molecule has 7 heteroatoms. The predicted octanol–water partition coefficient (Wildman–Crippen LogP) is 2.33. The number of hydrogen-bond donors (Lipinski definition) is 1. The van der Waals surface area contributed by atoms with Crippen molar-refractivity contribution in [3.63, 3.8) is 0 Å². The van der Waals surface area contributed by atoms with Crippen LogP contribution in [-0.4, -0.2) is 25.8 Å². The molecule has 0 saturated carbocycles. The van der Waals surface area contributed by atoms with Gasteiger partial charge in [-0.3, -0.25) is 4.98 Å². The molecule has 0 aromatic carbocycles. The molecule has 0 atom stereocenters. The molecule has 0 amide bonds. The molecule has 21 heavy (non-hydrogen) atoms. The lowest BCUT2D eigenvalue weighted by atomic mass is 10.2. The monoisotopic (exact) mass is 296 g/mol. The zero-order valence-corrected chi connectivity index (χ0v) is 12.1. The minimum absolute atomic E-state index is 0.507. The molecule has 6 nitrogen and oxygen atoms in total. The van der Waals surface area contributed by atoms with E-state index in [0.29, 0.717) is 23.0 Å². The largest absolute Gasteiger partial charge is 0.365 e. The number of nitrogens with zero attached hydrogens (tertiary/aromatic N) is 5. The number of fused-ring (bicyclic) bond motifs is 1. The first-order valence-corrected chi connectivity index (χ1v) is 7.50. The molecular formula is C14H12N6S. The van der Waals surface area contributed by atoms with E-state index < -0.39 is 0 Å². The normalized spacial score (nSPS) is 10.5. The van der Waals surface area contributed by atoms with E-state index in [-0.39, 0.29) is 0 Å². The Kier molecular flexibility index (Phi) is 3.71. The van der Waals surface area contributed by atoms with Crippen LogP contribution in [0.4, 0.5) is 5.82 Å². The Balaban J connectivity index is 2.03. The van der Waals surface area contributed by atoms with Crippen LogP contribution in [0.2, 0.25) is 0 Å². The quantitative estimate of drug-likeness (QED) is 0.588. The number of hydrogen-bond acceptors (Lipinski definition) is 6. The van der Waals surface area contributed by atoms with Crippen LogP contribution in [0.25, 0.3) is 5.65 Å². The second-order valence-corrected chi connectivity index (χ2v) is 5.06. The molecular weight excluding hydrogens is 284 g/mol. The Morgan fingerprint density at radius 1 is 1.29 bits per heavy atom. The van der Waals surface area contributed by atoms with E-state index in [0.717, 1.165) is 11.2 Å². The third-order valence-corrected chi connectivity index (χ3v) is 3.70. The second kappa shape index (κ2) is 5.81. The van der Waals surface area contributed by atoms with Crippen LogP contribution in [0, 0.1) is 11.3 Å². The van der Waals surface area contributed by atoms with Gasteiger partial charge in [-0.05, 0) is 24.0 Å². The van der Waals surface area contributed by atoms with Crippen LogP contribution in [0.1, 0.15) is 11.1 Å². The number of aromatic nitrogens is 4. The molecule has 0 aliphatic carbocycles. The molecule has 0 fully saturated rings. The van der Waals surface area contributed by atoms with Crippen LogP contribution in [0.5, 0.6) is 0 Å². The van der Waals surface area contributed by atoms with Gasteiger partial charge in [-0.25, -0.2) is 4.98 Å². The maximum Gasteiger partial charge on any atom is 0.158 e. The van der Waals surface area contributed by atoms with Crippen molar-refractivity contribution >= 4 is 23.2 Å². The summed E-state index contributed by atoms with van der Waals surface area (Å²) >= 11 is 1.45. The van der Waals surface area contributed by atoms with E-state index in [9.17, 15) is 5.26 Å². The van der Waals surface area contributed by atoms with Crippen molar-refractivity contribution in [2.24, 2.45) is 0 Å². The topological polar surface area (TPSA) is 78.9 Å². The van der Waals surface area contributed by atoms with Gasteiger partial charge in [0.2, 0.25) is 0 Å². The summed E-state index contributed by atoms with van der Waals surface area (Å²) in [6, 6.07) is 7.89. The van der Waals surface area contributed by atoms with Gasteiger partial charge in [0, 0.05) is 25.0 Å². The third kappa shape index (κ3) is 2.53. The SMILES string of the molecule is CSc1nc2ccnn2c(NCc2ccncc2)c1C#N. The van der Waals surface area contributed by atoms with Crippen LogP contribution in [0.15, 0.2) is 41.8 Å². The molecule has 3 heterocycles. The molecule has 3 aromatic rings. The first-order valence-electron chi connectivity index (χ1n) is 6.28. The van der Waals surface area contributed by atoms with Crippen molar-refractivity contribution in [1.82, 2.24) is 19.6 Å². The molecule has 0 radical (unpaired) electrons. The zero-order chi connectivity index (χ0) is 14.7. The lowest BCUT2D eigenvalue weighted by Crippen LogP contribution is -2.09. The highest BCUT2D eigenvalue weighted by molar-refractivity contribution is 7.98. The summed E-state index contributed by atoms with van der Waals surface area (Å²) in [6.45, 7) is 0.587. The molecule has 0 aliphatic heterocycles. The molecule has 0 aliphatic rings. The van der Waals surface area contributed by atoms with E-state index in [4.69, 9.17) is 0 Å². The van der Waals surface area contributed by atoms with Gasteiger partial charge in [0.05, 0.1) is 6.20 Å². The molecule has 0 spiro atoms. The van der Waals surface area contributed by atoms with E-state index >= 15 is 0 Å². The molecule has 104 valence electrons. The summed E-state index contributed by atoms with van der Waals surface area (Å²) in [7, 11) is 0. The predicted molar refractivity (Wildman–Crippen MR) is 81.0 cm³/mol. The molecule has 0 bridgehead atoms. The maximum absolute atomic E-state index is 9.43. The summed E-state index contributed by atoms with van der Waals surface area (Å²) in [6.07, 6.45) is 7.06. The number of anilines is 1. The van der Waals surface area contributed by atoms with Crippen molar-refractivity contribution in [1.29, 1.82) is 5.26 Å². The summed E-state index contributed by atoms with van der Waals surface area (Å²) in [5.41, 5.74) is 2.31. The van der Waals surface area contributed by atoms with Crippen molar-refractivity contribution in [3.8, 4) is 6.07 Å². The van der Waals surface area contributed by atoms with Crippen molar-refractivity contribution in [2.45, 2.75) is 11.6 Å². The lowest BCUT2D eigenvalue weighted by molar-refractivity contribution is 0.897. The Labute approximate surface area is 125 Å². The maximum atomic E-state index is 9.43. The molecule has 0 saturated heterocycles. The lowest BCUT2D eigenvalue weighted by Gasteiger charge is -2.12. The van der Waals surface area contributed by atoms with E-state index in [1.54, 1.807) is 23.1 Å². The number of nitrogens with one attached hydrogen (secondary N) is 1. The fourth-order valence-corrected chi connectivity index (χ4v) is 2.55. The third-order valence-electron chi connectivity index (χ3n) is 3.02. The van der Waals surface area contributed by atoms with Crippen LogP contribution >= 0.6 is 11.8 Å². The van der Waals surface area contributed by atoms with Gasteiger partial charge in [-0.1, -0.05) is 0 Å². The first kappa shape index (κ1) is 13.4. The highest BCUT2D eigenvalue weighted by Gasteiger charge is 2.15. The number of thioether (sulfide) groups is 1. The average Bonchev–Trinajstić information content (AvgIpc) is 3.00. The van der Waals surface area contributed by atoms with Crippen LogP contribution in [0.3, 0.4) is 0 Å². The average molecular weight is 296 g/mol. The summed E-state index contributed by atoms with van der Waals surface area (Å²) in [5, 5.41) is 17.6. The number of pyridine rings is 1. The van der Waals surface area contributed by atoms with Crippen molar-refractivity contribution in [2.75, 3.05) is 11.6 Å². The molecule has 1 N–H and O–H groups in total. The van der Waals surface area contributed by atoms with Crippen molar-refractivity contribution < 1.29 is 0 Å². The summed E-state index contributed by atoms with van der Waals surface area (Å²) in [4.78, 5) is 8.42. The summed E-state index contributed by atoms with van der Waals surface area (Å²) in [5.74, 6) is 0.661. The van der Waals surface area contributed by atoms with E-state index in [2.05, 4.69) is 26.5 Å². The minimum atomic E-state index is 0.507. The van der Waals surface area contributed by atoms with E-state index in [1.165, 1.54) is 11.8 Å². The standard InChI is InChI=1S/C14H12N6S/c1-21-14-11(8-15)13(20-12(19-14)4-7-18-20)17-9-10-2-5-16-6-3-10/h2-7,17H,9H2,1H3. The smallest absolute Gasteiger partial charge is 0.158 e. The van der Waals surface area contributed by atoms with Gasteiger partial charge >= 0.3 is 0 Å². The highest BCUT2D eigenvalue weighted by atomic mass is 32.2. The molecule has 3 rings (SSSR count). The number of nitriles is 1. The second-order valence-electron chi connectivity index (χ2n) is 4.27. The Bertz CT molecular complexity index is 805.